The van der Waals surface area contributed by atoms with E-state index < -0.39 is 17.9 Å². The minimum absolute atomic E-state index is 0.281. The molecule has 0 amide bonds. The average Bonchev–Trinajstić information content (AvgIpc) is 3.19. The quantitative estimate of drug-likeness (QED) is 0.300. The number of aliphatic carboxylic acids is 1. The van der Waals surface area contributed by atoms with Crippen molar-refractivity contribution in [2.75, 3.05) is 0 Å². The van der Waals surface area contributed by atoms with Gasteiger partial charge in [0.25, 0.3) is 0 Å². The fourth-order valence-corrected chi connectivity index (χ4v) is 5.37. The van der Waals surface area contributed by atoms with Crippen molar-refractivity contribution >= 4 is 11.5 Å². The summed E-state index contributed by atoms with van der Waals surface area (Å²) in [5.41, 5.74) is 7.87. The Balaban J connectivity index is 1.32. The van der Waals surface area contributed by atoms with Crippen LogP contribution in [0, 0.1) is 10.8 Å². The summed E-state index contributed by atoms with van der Waals surface area (Å²) >= 11 is 0. The van der Waals surface area contributed by atoms with Crippen LogP contribution in [0.2, 0.25) is 0 Å². The van der Waals surface area contributed by atoms with Gasteiger partial charge in [0.1, 0.15) is 6.04 Å². The molecule has 2 aliphatic rings. The highest BCUT2D eigenvalue weighted by Crippen LogP contribution is 2.42. The van der Waals surface area contributed by atoms with Gasteiger partial charge in [-0.2, -0.15) is 4.91 Å². The maximum absolute atomic E-state index is 11.9. The van der Waals surface area contributed by atoms with E-state index in [1.165, 1.54) is 41.5 Å². The fourth-order valence-electron chi connectivity index (χ4n) is 5.37. The summed E-state index contributed by atoms with van der Waals surface area (Å²) in [6.45, 7) is 0. The molecule has 0 saturated carbocycles. The van der Waals surface area contributed by atoms with Crippen LogP contribution in [0.25, 0.3) is 5.57 Å². The zero-order chi connectivity index (χ0) is 22.3. The minimum atomic E-state index is -0.819. The van der Waals surface area contributed by atoms with Gasteiger partial charge in [0.05, 0.1) is 5.92 Å². The van der Waals surface area contributed by atoms with E-state index in [0.29, 0.717) is 6.42 Å². The number of nitrogens with zero attached hydrogens (tertiary/aromatic N) is 1. The monoisotopic (exact) mass is 431 g/mol. The van der Waals surface area contributed by atoms with E-state index in [9.17, 15) is 14.8 Å². The molecule has 0 aromatic heterocycles. The molecular formula is C28H33NO3. The van der Waals surface area contributed by atoms with Crippen molar-refractivity contribution in [1.29, 1.82) is 0 Å². The molecule has 4 nitrogen and oxygen atoms in total. The molecule has 0 aliphatic heterocycles. The minimum Gasteiger partial charge on any atom is -0.481 e. The van der Waals surface area contributed by atoms with Gasteiger partial charge in [-0.05, 0) is 85.6 Å². The molecule has 168 valence electrons. The number of carboxylic acid groups (broad SMARTS) is 1. The number of unbranched alkanes of at least 4 members (excludes halogenated alkanes) is 2. The predicted molar refractivity (Wildman–Crippen MR) is 128 cm³/mol. The van der Waals surface area contributed by atoms with E-state index in [1.807, 2.05) is 24.3 Å². The second-order valence-corrected chi connectivity index (χ2v) is 9.36. The van der Waals surface area contributed by atoms with Gasteiger partial charge in [0.2, 0.25) is 0 Å². The number of aryl methyl sites for hydroxylation is 1. The Kier molecular flexibility index (Phi) is 7.51. The zero-order valence-electron chi connectivity index (χ0n) is 18.8. The van der Waals surface area contributed by atoms with E-state index in [-0.39, 0.29) is 6.42 Å². The normalized spacial score (nSPS) is 16.9. The van der Waals surface area contributed by atoms with Gasteiger partial charge in [0.15, 0.2) is 0 Å². The third kappa shape index (κ3) is 5.35. The Morgan fingerprint density at radius 3 is 2.59 bits per heavy atom. The summed E-state index contributed by atoms with van der Waals surface area (Å²) in [7, 11) is 0. The molecule has 2 unspecified atom stereocenters. The second kappa shape index (κ2) is 10.7. The summed E-state index contributed by atoms with van der Waals surface area (Å²) in [4.78, 5) is 23.6. The molecule has 0 spiro atoms. The maximum atomic E-state index is 11.9. The predicted octanol–water partition coefficient (Wildman–Crippen LogP) is 7.27. The number of benzene rings is 2. The first-order chi connectivity index (χ1) is 15.7. The van der Waals surface area contributed by atoms with Crippen LogP contribution in [-0.4, -0.2) is 11.1 Å². The number of hydrogen-bond acceptors (Lipinski definition) is 3. The first kappa shape index (κ1) is 22.4. The molecule has 0 saturated heterocycles. The van der Waals surface area contributed by atoms with E-state index in [4.69, 9.17) is 0 Å². The molecule has 0 radical (unpaired) electrons. The maximum Gasteiger partial charge on any atom is 0.306 e. The van der Waals surface area contributed by atoms with Crippen molar-refractivity contribution < 1.29 is 9.90 Å². The molecule has 32 heavy (non-hydrogen) atoms. The Morgan fingerprint density at radius 1 is 1.00 bits per heavy atom. The molecule has 0 heterocycles. The Labute approximate surface area is 190 Å². The van der Waals surface area contributed by atoms with Crippen LogP contribution in [0.4, 0.5) is 0 Å². The number of allylic oxidation sites excluding steroid dienone is 2. The molecule has 1 N–H and O–H groups in total. The number of carbonyl (C=O) groups is 1. The van der Waals surface area contributed by atoms with E-state index in [1.54, 1.807) is 5.57 Å². The topological polar surface area (TPSA) is 66.7 Å². The van der Waals surface area contributed by atoms with Crippen LogP contribution >= 0.6 is 0 Å². The van der Waals surface area contributed by atoms with Gasteiger partial charge in [-0.25, -0.2) is 0 Å². The first-order valence-corrected chi connectivity index (χ1v) is 12.1. The van der Waals surface area contributed by atoms with Gasteiger partial charge < -0.3 is 5.11 Å². The Bertz CT molecular complexity index is 979. The molecular weight excluding hydrogens is 398 g/mol. The molecule has 4 rings (SSSR count). The highest BCUT2D eigenvalue weighted by atomic mass is 16.4. The molecule has 2 aromatic carbocycles. The molecule has 2 aliphatic carbocycles. The van der Waals surface area contributed by atoms with Gasteiger partial charge in [-0.15, -0.1) is 0 Å². The van der Waals surface area contributed by atoms with Crippen molar-refractivity contribution in [2.24, 2.45) is 11.1 Å². The lowest BCUT2D eigenvalue weighted by molar-refractivity contribution is -0.142. The molecule has 2 atom stereocenters. The number of rotatable bonds is 11. The van der Waals surface area contributed by atoms with Gasteiger partial charge in [-0.1, -0.05) is 72.1 Å². The summed E-state index contributed by atoms with van der Waals surface area (Å²) in [6, 6.07) is 16.0. The third-order valence-electron chi connectivity index (χ3n) is 7.17. The highest BCUT2D eigenvalue weighted by Gasteiger charge is 2.27. The van der Waals surface area contributed by atoms with Gasteiger partial charge in [0, 0.05) is 0 Å². The van der Waals surface area contributed by atoms with Crippen molar-refractivity contribution in [1.82, 2.24) is 0 Å². The number of fused-ring (bicyclic) bond motifs is 2. The van der Waals surface area contributed by atoms with Crippen LogP contribution in [0.15, 0.2) is 59.3 Å². The number of nitroso groups, excluding NO2 is 1. The average molecular weight is 432 g/mol. The highest BCUT2D eigenvalue weighted by molar-refractivity contribution is 5.77. The summed E-state index contributed by atoms with van der Waals surface area (Å²) in [6.07, 6.45) is 10.6. The lowest BCUT2D eigenvalue weighted by atomic mass is 9.89. The second-order valence-electron chi connectivity index (χ2n) is 9.36. The fraction of sp³-hybridized carbons (Fsp3) is 0.464. The summed E-state index contributed by atoms with van der Waals surface area (Å²) in [5, 5.41) is 13.1. The van der Waals surface area contributed by atoms with Crippen LogP contribution in [-0.2, 0) is 17.6 Å². The molecule has 4 heteroatoms. The summed E-state index contributed by atoms with van der Waals surface area (Å²) < 4.78 is 0. The Hall–Kier alpha value is -2.75. The van der Waals surface area contributed by atoms with Crippen molar-refractivity contribution in [3.8, 4) is 0 Å². The lowest BCUT2D eigenvalue weighted by Gasteiger charge is -2.17. The van der Waals surface area contributed by atoms with Crippen LogP contribution in [0.1, 0.15) is 86.1 Å². The van der Waals surface area contributed by atoms with E-state index in [0.717, 1.165) is 44.1 Å². The van der Waals surface area contributed by atoms with Crippen molar-refractivity contribution in [2.45, 2.75) is 76.7 Å². The smallest absolute Gasteiger partial charge is 0.306 e. The first-order valence-electron chi connectivity index (χ1n) is 12.1. The van der Waals surface area contributed by atoms with Crippen molar-refractivity contribution in [3.05, 3.63) is 81.3 Å². The van der Waals surface area contributed by atoms with Crippen LogP contribution < -0.4 is 0 Å². The van der Waals surface area contributed by atoms with Crippen molar-refractivity contribution in [3.63, 3.8) is 0 Å². The number of carboxylic acids is 1. The van der Waals surface area contributed by atoms with Gasteiger partial charge in [-0.3, -0.25) is 4.79 Å². The molecule has 0 fully saturated rings. The standard InChI is InChI=1S/C28H33NO3/c30-28(31)23(13-6-2-5-11-20-9-3-1-4-10-20)19-27(29-32)22-15-16-26-24(18-22)17-21-12-7-8-14-25(21)26/h1,3-4,9-10,15-16,18,23,27H,2,5-8,11-14,17,19H2,(H,30,31). The SMILES string of the molecule is O=NC(CC(CCCCCc1ccccc1)C(=O)O)c1ccc2c(c1)CC1=C2CCCC1. The van der Waals surface area contributed by atoms with E-state index >= 15 is 0 Å². The lowest BCUT2D eigenvalue weighted by Crippen LogP contribution is -2.17. The zero-order valence-corrected chi connectivity index (χ0v) is 18.8. The third-order valence-corrected chi connectivity index (χ3v) is 7.17. The molecule has 2 aromatic rings. The van der Waals surface area contributed by atoms with Gasteiger partial charge >= 0.3 is 5.97 Å². The van der Waals surface area contributed by atoms with E-state index in [2.05, 4.69) is 29.4 Å². The van der Waals surface area contributed by atoms with Crippen LogP contribution in [0.3, 0.4) is 0 Å². The summed E-state index contributed by atoms with van der Waals surface area (Å²) in [5.74, 6) is -1.35. The number of hydrogen-bond donors (Lipinski definition) is 1. The Morgan fingerprint density at radius 2 is 1.81 bits per heavy atom. The molecule has 0 bridgehead atoms. The van der Waals surface area contributed by atoms with Crippen LogP contribution in [0.5, 0.6) is 0 Å². The largest absolute Gasteiger partial charge is 0.481 e.